The number of fused-ring (bicyclic) bond motifs is 1. The van der Waals surface area contributed by atoms with E-state index in [1.54, 1.807) is 18.2 Å². The van der Waals surface area contributed by atoms with Crippen molar-refractivity contribution in [3.63, 3.8) is 0 Å². The Kier molecular flexibility index (Phi) is 3.79. The average molecular weight is 335 g/mol. The highest BCUT2D eigenvalue weighted by atomic mass is 16.5. The smallest absolute Gasteiger partial charge is 0.423 e. The third kappa shape index (κ3) is 3.02. The van der Waals surface area contributed by atoms with Crippen LogP contribution < -0.4 is 10.8 Å². The second-order valence-corrected chi connectivity index (χ2v) is 5.72. The van der Waals surface area contributed by atoms with E-state index < -0.39 is 13.0 Å². The van der Waals surface area contributed by atoms with Gasteiger partial charge in [-0.1, -0.05) is 17.3 Å². The highest BCUT2D eigenvalue weighted by Crippen LogP contribution is 2.15. The van der Waals surface area contributed by atoms with E-state index in [9.17, 15) is 9.82 Å². The summed E-state index contributed by atoms with van der Waals surface area (Å²) in [7, 11) is -0.958. The van der Waals surface area contributed by atoms with Crippen LogP contribution in [0.2, 0.25) is 0 Å². The second kappa shape index (κ2) is 6.12. The van der Waals surface area contributed by atoms with Gasteiger partial charge in [0, 0.05) is 11.4 Å². The number of anilines is 1. The van der Waals surface area contributed by atoms with Crippen molar-refractivity contribution in [1.29, 1.82) is 0 Å². The van der Waals surface area contributed by atoms with Gasteiger partial charge < -0.3 is 15.0 Å². The van der Waals surface area contributed by atoms with Crippen LogP contribution in [0.3, 0.4) is 0 Å². The summed E-state index contributed by atoms with van der Waals surface area (Å²) in [5, 5.41) is 20.3. The summed E-state index contributed by atoms with van der Waals surface area (Å²) in [4.78, 5) is 16.7. The first-order chi connectivity index (χ1) is 12.1. The van der Waals surface area contributed by atoms with Crippen LogP contribution in [0.5, 0.6) is 0 Å². The van der Waals surface area contributed by atoms with Gasteiger partial charge in [0.05, 0.1) is 12.8 Å². The predicted octanol–water partition coefficient (Wildman–Crippen LogP) is 0.441. The molecule has 0 atom stereocenters. The van der Waals surface area contributed by atoms with Gasteiger partial charge >= 0.3 is 7.12 Å². The van der Waals surface area contributed by atoms with Crippen LogP contribution in [-0.4, -0.2) is 38.0 Å². The lowest BCUT2D eigenvalue weighted by atomic mass is 9.79. The molecule has 2 aromatic heterocycles. The number of aromatic nitrogens is 4. The van der Waals surface area contributed by atoms with Crippen LogP contribution in [-0.2, 0) is 11.3 Å². The number of amides is 1. The summed E-state index contributed by atoms with van der Waals surface area (Å²) >= 11 is 0. The van der Waals surface area contributed by atoms with Gasteiger partial charge in [-0.05, 0) is 42.2 Å². The molecule has 8 nitrogen and oxygen atoms in total. The summed E-state index contributed by atoms with van der Waals surface area (Å²) in [5.41, 5.74) is 3.13. The molecule has 0 unspecified atom stereocenters. The van der Waals surface area contributed by atoms with E-state index in [1.165, 1.54) is 10.9 Å². The van der Waals surface area contributed by atoms with E-state index in [-0.39, 0.29) is 5.69 Å². The van der Waals surface area contributed by atoms with Crippen LogP contribution in [0.15, 0.2) is 42.6 Å². The van der Waals surface area contributed by atoms with Crippen LogP contribution in [0.25, 0.3) is 5.82 Å². The number of rotatable bonds is 3. The minimum absolute atomic E-state index is 0.167. The Hall–Kier alpha value is -3.04. The molecule has 4 rings (SSSR count). The normalized spacial score (nSPS) is 13.0. The van der Waals surface area contributed by atoms with Crippen LogP contribution in [0.1, 0.15) is 21.7 Å². The first kappa shape index (κ1) is 15.5. The number of aryl methyl sites for hydroxylation is 1. The maximum Gasteiger partial charge on any atom is 0.491 e. The molecule has 3 aromatic rings. The largest absolute Gasteiger partial charge is 0.491 e. The Bertz CT molecular complexity index is 958. The molecule has 3 heterocycles. The standard InChI is InChI=1S/C16H14BN5O3/c1-10-3-2-4-15(18-10)22-8-14(20-21-22)16(23)19-12-6-5-11-9-25-17(24)13(11)7-12/h2-8,24H,9H2,1H3,(H,19,23). The average Bonchev–Trinajstić information content (AvgIpc) is 3.23. The fourth-order valence-electron chi connectivity index (χ4n) is 2.62. The molecule has 2 N–H and O–H groups in total. The number of nitrogens with one attached hydrogen (secondary N) is 1. The van der Waals surface area contributed by atoms with Crippen molar-refractivity contribution in [2.45, 2.75) is 13.5 Å². The van der Waals surface area contributed by atoms with Crippen LogP contribution >= 0.6 is 0 Å². The topological polar surface area (TPSA) is 102 Å². The van der Waals surface area contributed by atoms with Crippen LogP contribution in [0, 0.1) is 6.92 Å². The molecule has 0 saturated carbocycles. The Balaban J connectivity index is 1.53. The Labute approximate surface area is 143 Å². The number of benzene rings is 1. The lowest BCUT2D eigenvalue weighted by molar-refractivity contribution is 0.102. The quantitative estimate of drug-likeness (QED) is 0.674. The summed E-state index contributed by atoms with van der Waals surface area (Å²) in [6, 6.07) is 10.8. The molecular weight excluding hydrogens is 321 g/mol. The molecule has 124 valence electrons. The summed E-state index contributed by atoms with van der Waals surface area (Å²) in [5.74, 6) is 0.191. The fraction of sp³-hybridized carbons (Fsp3) is 0.125. The first-order valence-electron chi connectivity index (χ1n) is 7.70. The maximum atomic E-state index is 12.4. The van der Waals surface area contributed by atoms with Crippen molar-refractivity contribution >= 4 is 24.2 Å². The van der Waals surface area contributed by atoms with Crippen molar-refractivity contribution in [3.8, 4) is 5.82 Å². The van der Waals surface area contributed by atoms with Crippen molar-refractivity contribution < 1.29 is 14.5 Å². The number of pyridine rings is 1. The van der Waals surface area contributed by atoms with Gasteiger partial charge in [-0.25, -0.2) is 9.67 Å². The fourth-order valence-corrected chi connectivity index (χ4v) is 2.62. The van der Waals surface area contributed by atoms with E-state index in [0.717, 1.165) is 11.3 Å². The molecule has 9 heteroatoms. The maximum absolute atomic E-state index is 12.4. The number of carbonyl (C=O) groups is 1. The predicted molar refractivity (Wildman–Crippen MR) is 90.7 cm³/mol. The highest BCUT2D eigenvalue weighted by molar-refractivity contribution is 6.61. The van der Waals surface area contributed by atoms with Crippen molar-refractivity contribution in [2.24, 2.45) is 0 Å². The SMILES string of the molecule is Cc1cccc(-n2cc(C(=O)Nc3ccc4c(c3)B(O)OC4)nn2)n1. The number of hydrogen-bond acceptors (Lipinski definition) is 6. The van der Waals surface area contributed by atoms with Gasteiger partial charge in [0.25, 0.3) is 5.91 Å². The first-order valence-corrected chi connectivity index (χ1v) is 7.70. The molecule has 0 fully saturated rings. The molecular formula is C16H14BN5O3. The molecule has 0 radical (unpaired) electrons. The zero-order valence-electron chi connectivity index (χ0n) is 13.4. The van der Waals surface area contributed by atoms with Crippen molar-refractivity contribution in [3.05, 3.63) is 59.5 Å². The van der Waals surface area contributed by atoms with E-state index in [0.29, 0.717) is 23.6 Å². The molecule has 0 spiro atoms. The highest BCUT2D eigenvalue weighted by Gasteiger charge is 2.27. The Morgan fingerprint density at radius 1 is 1.36 bits per heavy atom. The Morgan fingerprint density at radius 2 is 2.24 bits per heavy atom. The van der Waals surface area contributed by atoms with E-state index in [1.807, 2.05) is 25.1 Å². The molecule has 1 amide bonds. The Morgan fingerprint density at radius 3 is 3.08 bits per heavy atom. The molecule has 0 saturated heterocycles. The molecule has 1 aliphatic heterocycles. The second-order valence-electron chi connectivity index (χ2n) is 5.72. The number of carbonyl (C=O) groups excluding carboxylic acids is 1. The molecule has 0 aliphatic carbocycles. The third-order valence-corrected chi connectivity index (χ3v) is 3.90. The minimum Gasteiger partial charge on any atom is -0.423 e. The number of nitrogens with zero attached hydrogens (tertiary/aromatic N) is 4. The van der Waals surface area contributed by atoms with Gasteiger partial charge in [0.15, 0.2) is 11.5 Å². The number of hydrogen-bond donors (Lipinski definition) is 2. The zero-order valence-corrected chi connectivity index (χ0v) is 13.4. The summed E-state index contributed by atoms with van der Waals surface area (Å²) in [6.45, 7) is 2.24. The van der Waals surface area contributed by atoms with Crippen LogP contribution in [0.4, 0.5) is 5.69 Å². The van der Waals surface area contributed by atoms with Gasteiger partial charge in [0.1, 0.15) is 0 Å². The molecule has 25 heavy (non-hydrogen) atoms. The van der Waals surface area contributed by atoms with E-state index in [2.05, 4.69) is 20.6 Å². The van der Waals surface area contributed by atoms with E-state index >= 15 is 0 Å². The van der Waals surface area contributed by atoms with Gasteiger partial charge in [-0.15, -0.1) is 5.10 Å². The van der Waals surface area contributed by atoms with Crippen molar-refractivity contribution in [1.82, 2.24) is 20.0 Å². The zero-order chi connectivity index (χ0) is 17.4. The van der Waals surface area contributed by atoms with Gasteiger partial charge in [0.2, 0.25) is 0 Å². The molecule has 0 bridgehead atoms. The van der Waals surface area contributed by atoms with Gasteiger partial charge in [-0.3, -0.25) is 4.79 Å². The van der Waals surface area contributed by atoms with Crippen molar-refractivity contribution in [2.75, 3.05) is 5.32 Å². The third-order valence-electron chi connectivity index (χ3n) is 3.90. The van der Waals surface area contributed by atoms with E-state index in [4.69, 9.17) is 4.65 Å². The molecule has 1 aromatic carbocycles. The lowest BCUT2D eigenvalue weighted by Gasteiger charge is -2.05. The summed E-state index contributed by atoms with van der Waals surface area (Å²) < 4.78 is 6.59. The monoisotopic (exact) mass is 335 g/mol. The summed E-state index contributed by atoms with van der Waals surface area (Å²) in [6.07, 6.45) is 1.52. The van der Waals surface area contributed by atoms with Gasteiger partial charge in [-0.2, -0.15) is 0 Å². The molecule has 1 aliphatic rings. The lowest BCUT2D eigenvalue weighted by Crippen LogP contribution is -2.28. The minimum atomic E-state index is -0.958.